The minimum absolute atomic E-state index is 0.142. The van der Waals surface area contributed by atoms with Gasteiger partial charge < -0.3 is 19.2 Å². The van der Waals surface area contributed by atoms with Crippen LogP contribution in [-0.4, -0.2) is 62.2 Å². The second kappa shape index (κ2) is 13.2. The summed E-state index contributed by atoms with van der Waals surface area (Å²) in [7, 11) is 0. The van der Waals surface area contributed by atoms with Crippen molar-refractivity contribution < 1.29 is 23.1 Å². The molecule has 0 bridgehead atoms. The summed E-state index contributed by atoms with van der Waals surface area (Å²) < 4.78 is 34.4. The van der Waals surface area contributed by atoms with Gasteiger partial charge in [-0.05, 0) is 43.4 Å². The molecule has 0 radical (unpaired) electrons. The summed E-state index contributed by atoms with van der Waals surface area (Å²) >= 11 is 0. The molecule has 4 heterocycles. The molecule has 6 rings (SSSR count). The molecule has 3 aromatic heterocycles. The quantitative estimate of drug-likeness (QED) is 0.244. The molecule has 1 aromatic carbocycles. The van der Waals surface area contributed by atoms with Crippen LogP contribution in [0.1, 0.15) is 69.9 Å². The van der Waals surface area contributed by atoms with Crippen molar-refractivity contribution in [3.63, 3.8) is 0 Å². The molecule has 10 heteroatoms. The van der Waals surface area contributed by atoms with Crippen LogP contribution in [0.15, 0.2) is 30.3 Å². The number of nitrogens with one attached hydrogen (secondary N) is 1. The van der Waals surface area contributed by atoms with Gasteiger partial charge >= 0.3 is 0 Å². The maximum Gasteiger partial charge on any atom is 0.296 e. The van der Waals surface area contributed by atoms with Gasteiger partial charge in [0, 0.05) is 38.4 Å². The maximum absolute atomic E-state index is 14.2. The van der Waals surface area contributed by atoms with Crippen molar-refractivity contribution in [3.8, 4) is 17.3 Å². The Bertz CT molecular complexity index is 1530. The number of carbonyl (C=O) groups is 2. The third-order valence-electron chi connectivity index (χ3n) is 7.06. The highest BCUT2D eigenvalue weighted by Crippen LogP contribution is 2.39. The van der Waals surface area contributed by atoms with Crippen molar-refractivity contribution in [2.45, 2.75) is 73.2 Å². The SMILES string of the molecule is CC.CC.CC(=O)C(F)Oc1cccc2cc(-c3nc4nc5c(cc4[nH]3)C(=O)N(CCCF)CC5)n(CC3CC3)c12. The Labute approximate surface area is 239 Å². The molecule has 1 N–H and O–H groups in total. The number of carbonyl (C=O) groups excluding carboxylic acids is 2. The fourth-order valence-electron chi connectivity index (χ4n) is 4.98. The van der Waals surface area contributed by atoms with Crippen LogP contribution in [0.3, 0.4) is 0 Å². The molecule has 1 unspecified atom stereocenters. The molecule has 0 spiro atoms. The molecule has 220 valence electrons. The number of aromatic nitrogens is 4. The molecule has 4 aromatic rings. The molecule has 8 nitrogen and oxygen atoms in total. The summed E-state index contributed by atoms with van der Waals surface area (Å²) in [4.78, 5) is 38.9. The van der Waals surface area contributed by atoms with E-state index in [1.165, 1.54) is 0 Å². The Morgan fingerprint density at radius 3 is 2.61 bits per heavy atom. The number of benzene rings is 1. The minimum atomic E-state index is -2.04. The molecule has 41 heavy (non-hydrogen) atoms. The van der Waals surface area contributed by atoms with Gasteiger partial charge in [0.05, 0.1) is 34.7 Å². The number of Topliss-reactive ketones (excluding diaryl/α,β-unsaturated/α-hetero) is 1. The number of H-pyrrole nitrogens is 1. The first-order valence-corrected chi connectivity index (χ1v) is 14.6. The lowest BCUT2D eigenvalue weighted by molar-refractivity contribution is -0.130. The number of ether oxygens (including phenoxy) is 1. The maximum atomic E-state index is 14.2. The van der Waals surface area contributed by atoms with E-state index in [2.05, 4.69) is 14.5 Å². The third kappa shape index (κ3) is 6.26. The number of amides is 1. The lowest BCUT2D eigenvalue weighted by Crippen LogP contribution is -2.38. The van der Waals surface area contributed by atoms with Gasteiger partial charge in [0.25, 0.3) is 12.3 Å². The molecule has 2 aliphatic rings. The molecule has 1 amide bonds. The second-order valence-corrected chi connectivity index (χ2v) is 9.85. The smallest absolute Gasteiger partial charge is 0.296 e. The number of hydrogen-bond donors (Lipinski definition) is 1. The van der Waals surface area contributed by atoms with Gasteiger partial charge in [-0.25, -0.2) is 9.97 Å². The highest BCUT2D eigenvalue weighted by molar-refractivity contribution is 5.99. The normalized spacial score (nSPS) is 15.1. The number of aromatic amines is 1. The molecule has 1 atom stereocenters. The van der Waals surface area contributed by atoms with E-state index in [0.717, 1.165) is 30.8 Å². The second-order valence-electron chi connectivity index (χ2n) is 9.85. The summed E-state index contributed by atoms with van der Waals surface area (Å²) in [5, 5.41) is 0.843. The van der Waals surface area contributed by atoms with Crippen LogP contribution in [0.4, 0.5) is 8.78 Å². The largest absolute Gasteiger partial charge is 0.451 e. The van der Waals surface area contributed by atoms with Gasteiger partial charge in [0.1, 0.15) is 5.75 Å². The van der Waals surface area contributed by atoms with Crippen molar-refractivity contribution >= 4 is 33.8 Å². The zero-order valence-electron chi connectivity index (χ0n) is 24.5. The van der Waals surface area contributed by atoms with Gasteiger partial charge in [-0.15, -0.1) is 0 Å². The summed E-state index contributed by atoms with van der Waals surface area (Å²) in [6.45, 7) is 10.3. The number of hydrogen-bond acceptors (Lipinski definition) is 5. The number of nitrogens with zero attached hydrogens (tertiary/aromatic N) is 4. The van der Waals surface area contributed by atoms with Crippen LogP contribution in [0.25, 0.3) is 33.6 Å². The van der Waals surface area contributed by atoms with Gasteiger partial charge in [-0.1, -0.05) is 39.8 Å². The van der Waals surface area contributed by atoms with Crippen molar-refractivity contribution in [2.75, 3.05) is 19.8 Å². The Morgan fingerprint density at radius 1 is 1.17 bits per heavy atom. The van der Waals surface area contributed by atoms with E-state index in [4.69, 9.17) is 9.72 Å². The van der Waals surface area contributed by atoms with Gasteiger partial charge in [0.2, 0.25) is 5.78 Å². The standard InChI is InChI=1S/C27H27F2N5O3.2C2H6/c1-15(35)24(29)37-22-5-2-4-17-12-21(34(23(17)22)14-16-6-7-16)26-31-20-13-18-19(30-25(20)32-26)8-11-33(27(18)36)10-3-9-28;2*1-2/h2,4-5,12-13,16,24H,3,6-11,14H2,1H3,(H,30,31,32);2*1-2H3. The Hall–Kier alpha value is -3.82. The lowest BCUT2D eigenvalue weighted by Gasteiger charge is -2.27. The van der Waals surface area contributed by atoms with E-state index in [9.17, 15) is 18.4 Å². The van der Waals surface area contributed by atoms with Gasteiger partial charge in [0.15, 0.2) is 11.5 Å². The Balaban J connectivity index is 0.000000929. The highest BCUT2D eigenvalue weighted by Gasteiger charge is 2.29. The van der Waals surface area contributed by atoms with E-state index < -0.39 is 18.8 Å². The average Bonchev–Trinajstić information content (AvgIpc) is 3.59. The fraction of sp³-hybridized carbons (Fsp3) is 0.484. The average molecular weight is 568 g/mol. The number of imidazole rings is 1. The molecular formula is C31H39F2N5O3. The molecule has 1 aliphatic carbocycles. The lowest BCUT2D eigenvalue weighted by atomic mass is 10.0. The van der Waals surface area contributed by atoms with E-state index in [1.807, 2.05) is 39.8 Å². The number of para-hydroxylation sites is 1. The van der Waals surface area contributed by atoms with Crippen LogP contribution in [-0.2, 0) is 17.8 Å². The first-order valence-electron chi connectivity index (χ1n) is 14.6. The first-order chi connectivity index (χ1) is 19.9. The number of pyridine rings is 1. The molecular weight excluding hydrogens is 528 g/mol. The van der Waals surface area contributed by atoms with Gasteiger partial charge in [-0.2, -0.15) is 4.39 Å². The third-order valence-corrected chi connectivity index (χ3v) is 7.06. The predicted octanol–water partition coefficient (Wildman–Crippen LogP) is 6.66. The molecule has 1 fully saturated rings. The topological polar surface area (TPSA) is 93.1 Å². The van der Waals surface area contributed by atoms with Crippen LogP contribution in [0.2, 0.25) is 0 Å². The van der Waals surface area contributed by atoms with E-state index in [0.29, 0.717) is 77.9 Å². The number of alkyl halides is 2. The Kier molecular flexibility index (Phi) is 9.73. The van der Waals surface area contributed by atoms with Crippen LogP contribution in [0.5, 0.6) is 5.75 Å². The zero-order chi connectivity index (χ0) is 29.7. The molecule has 1 saturated carbocycles. The first kappa shape index (κ1) is 30.1. The zero-order valence-corrected chi connectivity index (χ0v) is 24.5. The molecule has 1 aliphatic heterocycles. The van der Waals surface area contributed by atoms with Crippen LogP contribution >= 0.6 is 0 Å². The van der Waals surface area contributed by atoms with Gasteiger partial charge in [-0.3, -0.25) is 14.0 Å². The monoisotopic (exact) mass is 567 g/mol. The van der Waals surface area contributed by atoms with Crippen molar-refractivity contribution in [3.05, 3.63) is 41.6 Å². The van der Waals surface area contributed by atoms with Crippen molar-refractivity contribution in [2.24, 2.45) is 5.92 Å². The Morgan fingerprint density at radius 2 is 1.93 bits per heavy atom. The number of rotatable bonds is 9. The number of fused-ring (bicyclic) bond motifs is 3. The van der Waals surface area contributed by atoms with E-state index in [-0.39, 0.29) is 5.91 Å². The highest BCUT2D eigenvalue weighted by atomic mass is 19.1. The summed E-state index contributed by atoms with van der Waals surface area (Å²) in [6.07, 6.45) is 1.09. The summed E-state index contributed by atoms with van der Waals surface area (Å²) in [6, 6.07) is 9.10. The van der Waals surface area contributed by atoms with E-state index >= 15 is 0 Å². The van der Waals surface area contributed by atoms with Crippen molar-refractivity contribution in [1.29, 1.82) is 0 Å². The number of ketones is 1. The predicted molar refractivity (Wildman–Crippen MR) is 157 cm³/mol. The van der Waals surface area contributed by atoms with Crippen LogP contribution in [0, 0.1) is 5.92 Å². The van der Waals surface area contributed by atoms with Crippen LogP contribution < -0.4 is 4.74 Å². The summed E-state index contributed by atoms with van der Waals surface area (Å²) in [5.41, 5.74) is 3.86. The van der Waals surface area contributed by atoms with Crippen molar-refractivity contribution in [1.82, 2.24) is 24.4 Å². The minimum Gasteiger partial charge on any atom is -0.451 e. The number of halogens is 2. The summed E-state index contributed by atoms with van der Waals surface area (Å²) in [5.74, 6) is 0.548. The molecule has 0 saturated heterocycles. The van der Waals surface area contributed by atoms with E-state index in [1.54, 1.807) is 23.1 Å². The fourth-order valence-corrected chi connectivity index (χ4v) is 4.98.